The number of tetrazole rings is 1. The van der Waals surface area contributed by atoms with E-state index in [1.165, 1.54) is 40.5 Å². The van der Waals surface area contributed by atoms with Crippen molar-refractivity contribution in [1.29, 1.82) is 0 Å². The number of fused-ring (bicyclic) bond motifs is 1. The Morgan fingerprint density at radius 3 is 2.76 bits per heavy atom. The average Bonchev–Trinajstić information content (AvgIpc) is 3.64. The second-order valence-electron chi connectivity index (χ2n) is 9.15. The van der Waals surface area contributed by atoms with Gasteiger partial charge < -0.3 is 20.6 Å². The predicted molar refractivity (Wildman–Crippen MR) is 144 cm³/mol. The molecule has 0 radical (unpaired) electrons. The number of aromatic nitrogens is 4. The van der Waals surface area contributed by atoms with Crippen molar-refractivity contribution in [3.63, 3.8) is 0 Å². The number of nitrogens with two attached hydrogens (primary N) is 1. The van der Waals surface area contributed by atoms with Crippen molar-refractivity contribution < 1.29 is 33.5 Å². The summed E-state index contributed by atoms with van der Waals surface area (Å²) in [5.74, 6) is -3.01. The van der Waals surface area contributed by atoms with Crippen LogP contribution in [0, 0.1) is 0 Å². The van der Waals surface area contributed by atoms with Crippen LogP contribution >= 0.6 is 23.5 Å². The number of rotatable bonds is 9. The van der Waals surface area contributed by atoms with Gasteiger partial charge in [-0.2, -0.15) is 0 Å². The zero-order valence-electron chi connectivity index (χ0n) is 21.5. The van der Waals surface area contributed by atoms with E-state index < -0.39 is 47.2 Å². The first kappa shape index (κ1) is 28.2. The highest BCUT2D eigenvalue weighted by atomic mass is 32.2. The third kappa shape index (κ3) is 5.37. The van der Waals surface area contributed by atoms with Gasteiger partial charge >= 0.3 is 12.0 Å². The molecule has 1 aliphatic carbocycles. The monoisotopic (exact) mass is 600 g/mol. The fourth-order valence-electron chi connectivity index (χ4n) is 4.68. The van der Waals surface area contributed by atoms with E-state index in [0.717, 1.165) is 11.2 Å². The first-order valence-electron chi connectivity index (χ1n) is 12.2. The van der Waals surface area contributed by atoms with E-state index in [4.69, 9.17) is 10.2 Å². The molecule has 3 atom stereocenters. The van der Waals surface area contributed by atoms with Gasteiger partial charge in [-0.25, -0.2) is 19.2 Å². The third-order valence-electron chi connectivity index (χ3n) is 6.62. The molecule has 0 aromatic carbocycles. The maximum absolute atomic E-state index is 13.7. The number of urea groups is 1. The van der Waals surface area contributed by atoms with Crippen molar-refractivity contribution in [2.75, 3.05) is 11.5 Å². The molecule has 1 fully saturated rings. The maximum atomic E-state index is 13.7. The van der Waals surface area contributed by atoms with Crippen LogP contribution in [0.1, 0.15) is 23.2 Å². The Hall–Kier alpha value is -4.38. The van der Waals surface area contributed by atoms with Gasteiger partial charge in [0, 0.05) is 18.6 Å². The number of aryl methyl sites for hydroxylation is 1. The van der Waals surface area contributed by atoms with Crippen LogP contribution in [-0.2, 0) is 21.4 Å². The molecule has 2 aliphatic heterocycles. The highest BCUT2D eigenvalue weighted by molar-refractivity contribution is 8.01. The van der Waals surface area contributed by atoms with Gasteiger partial charge in [0.15, 0.2) is 0 Å². The number of aliphatic carboxylic acids is 1. The van der Waals surface area contributed by atoms with E-state index in [1.54, 1.807) is 19.2 Å². The van der Waals surface area contributed by atoms with Crippen molar-refractivity contribution in [2.24, 2.45) is 12.8 Å². The Kier molecular flexibility index (Phi) is 7.98. The summed E-state index contributed by atoms with van der Waals surface area (Å²) in [4.78, 5) is 66.6. The summed E-state index contributed by atoms with van der Waals surface area (Å²) in [5.41, 5.74) is 6.40. The average molecular weight is 601 g/mol. The van der Waals surface area contributed by atoms with Crippen LogP contribution in [0.3, 0.4) is 0 Å². The summed E-state index contributed by atoms with van der Waals surface area (Å²) in [6.45, 7) is 0. The van der Waals surface area contributed by atoms with Crippen molar-refractivity contribution in [1.82, 2.24) is 35.3 Å². The van der Waals surface area contributed by atoms with Crippen LogP contribution in [-0.4, -0.2) is 93.8 Å². The molecule has 5 rings (SSSR count). The fourth-order valence-corrected chi connectivity index (χ4v) is 7.02. The molecule has 2 aromatic rings. The van der Waals surface area contributed by atoms with Gasteiger partial charge in [-0.3, -0.25) is 19.3 Å². The lowest BCUT2D eigenvalue weighted by Crippen LogP contribution is -2.72. The minimum absolute atomic E-state index is 0.0148. The van der Waals surface area contributed by atoms with E-state index in [0.29, 0.717) is 27.6 Å². The highest BCUT2D eigenvalue weighted by Crippen LogP contribution is 2.41. The first-order chi connectivity index (χ1) is 19.7. The second kappa shape index (κ2) is 11.6. The Bertz CT molecular complexity index is 1500. The zero-order valence-corrected chi connectivity index (χ0v) is 23.1. The first-order valence-corrected chi connectivity index (χ1v) is 14.3. The summed E-state index contributed by atoms with van der Waals surface area (Å²) in [7, 11) is 1.65. The molecule has 4 N–H and O–H groups in total. The smallest absolute Gasteiger partial charge is 0.352 e. The number of allylic oxidation sites excluding steroid dienone is 3. The number of primary amides is 1. The van der Waals surface area contributed by atoms with Crippen LogP contribution in [0.15, 0.2) is 63.2 Å². The van der Waals surface area contributed by atoms with Gasteiger partial charge in [0.05, 0.1) is 11.8 Å². The summed E-state index contributed by atoms with van der Waals surface area (Å²) in [6.07, 6.45) is 8.50. The van der Waals surface area contributed by atoms with Crippen LogP contribution in [0.4, 0.5) is 4.79 Å². The maximum Gasteiger partial charge on any atom is 0.352 e. The number of hydrogen-bond acceptors (Lipinski definition) is 11. The molecule has 214 valence electrons. The number of imide groups is 1. The number of carbonyl (C=O) groups is 5. The number of hydrogen-bond donors (Lipinski definition) is 3. The quantitative estimate of drug-likeness (QED) is 0.204. The molecule has 0 saturated carbocycles. The van der Waals surface area contributed by atoms with E-state index in [2.05, 4.69) is 20.8 Å². The third-order valence-corrected chi connectivity index (χ3v) is 9.06. The number of furan rings is 1. The largest absolute Gasteiger partial charge is 0.477 e. The van der Waals surface area contributed by atoms with Crippen LogP contribution < -0.4 is 11.1 Å². The molecule has 0 spiro atoms. The molecule has 3 aliphatic rings. The standard InChI is InChI=1S/C24H24N8O7S2/c1-30-24(27-28-29-30)41-11-14-10-40-21-15(20(35)31(21)17(14)22(36)37)26-18(33)16(12-5-3-2-4-6-12)32(23(25)38)19(34)13-7-8-39-9-13/h2-3,6-9,15-16,21H,4-5,10-11H2,1H3,(H2,25,38)(H,26,33)(H,36,37)/t15-,16?,21-/m0/s1. The van der Waals surface area contributed by atoms with Gasteiger partial charge in [0.2, 0.25) is 11.1 Å². The van der Waals surface area contributed by atoms with Crippen molar-refractivity contribution >= 4 is 53.2 Å². The summed E-state index contributed by atoms with van der Waals surface area (Å²) < 4.78 is 6.40. The molecule has 4 heterocycles. The lowest BCUT2D eigenvalue weighted by molar-refractivity contribution is -0.151. The number of carboxylic acids is 1. The number of carbonyl (C=O) groups excluding carboxylic acids is 4. The second-order valence-corrected chi connectivity index (χ2v) is 11.2. The van der Waals surface area contributed by atoms with E-state index >= 15 is 0 Å². The minimum atomic E-state index is -1.43. The summed E-state index contributed by atoms with van der Waals surface area (Å²) >= 11 is 2.52. The van der Waals surface area contributed by atoms with Crippen LogP contribution in [0.25, 0.3) is 0 Å². The molecule has 2 aromatic heterocycles. The van der Waals surface area contributed by atoms with Gasteiger partial charge in [0.25, 0.3) is 11.8 Å². The minimum Gasteiger partial charge on any atom is -0.477 e. The Balaban J connectivity index is 1.37. The van der Waals surface area contributed by atoms with Crippen molar-refractivity contribution in [2.45, 2.75) is 35.5 Å². The molecule has 41 heavy (non-hydrogen) atoms. The number of nitrogens with zero attached hydrogens (tertiary/aromatic N) is 6. The van der Waals surface area contributed by atoms with Gasteiger partial charge in [-0.05, 0) is 40.5 Å². The number of amides is 5. The van der Waals surface area contributed by atoms with E-state index in [-0.39, 0.29) is 29.2 Å². The van der Waals surface area contributed by atoms with Gasteiger partial charge in [-0.1, -0.05) is 30.0 Å². The lowest BCUT2D eigenvalue weighted by Gasteiger charge is -2.49. The summed E-state index contributed by atoms with van der Waals surface area (Å²) in [5, 5.41) is 23.6. The fraction of sp³-hybridized carbons (Fsp3) is 0.333. The molecular weight excluding hydrogens is 576 g/mol. The number of nitrogens with one attached hydrogen (secondary N) is 1. The molecule has 1 saturated heterocycles. The highest BCUT2D eigenvalue weighted by Gasteiger charge is 2.55. The molecule has 0 bridgehead atoms. The predicted octanol–water partition coefficient (Wildman–Crippen LogP) is 0.500. The summed E-state index contributed by atoms with van der Waals surface area (Å²) in [6, 6.07) is -2.33. The molecule has 5 amide bonds. The molecule has 1 unspecified atom stereocenters. The van der Waals surface area contributed by atoms with Gasteiger partial charge in [0.1, 0.15) is 29.4 Å². The van der Waals surface area contributed by atoms with Crippen LogP contribution in [0.2, 0.25) is 0 Å². The van der Waals surface area contributed by atoms with Crippen molar-refractivity contribution in [3.8, 4) is 0 Å². The van der Waals surface area contributed by atoms with E-state index in [1.807, 2.05) is 6.08 Å². The number of carboxylic acid groups (broad SMARTS) is 1. The number of β-lactam (4-membered cyclic amide) rings is 1. The molecule has 17 heteroatoms. The topological polar surface area (TPSA) is 207 Å². The van der Waals surface area contributed by atoms with E-state index in [9.17, 15) is 29.1 Å². The molecular formula is C24H24N8O7S2. The van der Waals surface area contributed by atoms with Gasteiger partial charge in [-0.15, -0.1) is 16.9 Å². The van der Waals surface area contributed by atoms with Crippen molar-refractivity contribution in [3.05, 3.63) is 59.2 Å². The SMILES string of the molecule is Cn1nnnc1SCC1=C(C(=O)O)N2C(=O)[C@H](NC(=O)C(C3=CCC=CC3)N(C(N)=O)C(=O)c3ccoc3)[C@@H]2SC1. The Labute approximate surface area is 240 Å². The Morgan fingerprint density at radius 2 is 2.15 bits per heavy atom. The number of thioether (sulfide) groups is 2. The van der Waals surface area contributed by atoms with Crippen LogP contribution in [0.5, 0.6) is 0 Å². The Morgan fingerprint density at radius 1 is 1.34 bits per heavy atom. The normalized spacial score (nSPS) is 20.6. The lowest BCUT2D eigenvalue weighted by atomic mass is 9.95. The molecule has 15 nitrogen and oxygen atoms in total. The zero-order chi connectivity index (χ0) is 29.3.